The Morgan fingerprint density at radius 1 is 1.42 bits per heavy atom. The molecule has 19 heavy (non-hydrogen) atoms. The number of nitrogens with one attached hydrogen (secondary N) is 2. The minimum Gasteiger partial charge on any atom is -0.351 e. The molecule has 0 aromatic carbocycles. The normalized spacial score (nSPS) is 10.4. The molecule has 0 spiro atoms. The Morgan fingerprint density at radius 3 is 2.89 bits per heavy atom. The van der Waals surface area contributed by atoms with Crippen molar-refractivity contribution >= 4 is 5.91 Å². The van der Waals surface area contributed by atoms with Gasteiger partial charge < -0.3 is 5.32 Å². The van der Waals surface area contributed by atoms with Crippen LogP contribution in [0.5, 0.6) is 0 Å². The first-order valence-electron chi connectivity index (χ1n) is 6.05. The van der Waals surface area contributed by atoms with Crippen molar-refractivity contribution < 1.29 is 9.18 Å². The third-order valence-electron chi connectivity index (χ3n) is 2.80. The number of aryl methyl sites for hydroxylation is 2. The molecule has 2 rings (SSSR count). The zero-order chi connectivity index (χ0) is 13.7. The van der Waals surface area contributed by atoms with Crippen molar-refractivity contribution in [1.82, 2.24) is 20.5 Å². The minimum atomic E-state index is -0.452. The smallest absolute Gasteiger partial charge is 0.269 e. The third-order valence-corrected chi connectivity index (χ3v) is 2.80. The van der Waals surface area contributed by atoms with E-state index in [-0.39, 0.29) is 11.6 Å². The predicted molar refractivity (Wildman–Crippen MR) is 68.2 cm³/mol. The molecule has 5 nitrogen and oxygen atoms in total. The Morgan fingerprint density at radius 2 is 2.26 bits per heavy atom. The van der Waals surface area contributed by atoms with Crippen LogP contribution < -0.4 is 5.32 Å². The molecule has 0 aliphatic carbocycles. The average Bonchev–Trinajstić information content (AvgIpc) is 2.81. The second-order valence-corrected chi connectivity index (χ2v) is 4.24. The molecule has 0 saturated heterocycles. The van der Waals surface area contributed by atoms with Crippen LogP contribution in [0.3, 0.4) is 0 Å². The first-order chi connectivity index (χ1) is 9.16. The Balaban J connectivity index is 1.75. The number of pyridine rings is 1. The van der Waals surface area contributed by atoms with Crippen LogP contribution in [0.2, 0.25) is 0 Å². The fraction of sp³-hybridized carbons (Fsp3) is 0.308. The second kappa shape index (κ2) is 6.08. The first-order valence-corrected chi connectivity index (χ1v) is 6.05. The highest BCUT2D eigenvalue weighted by molar-refractivity contribution is 5.92. The molecule has 2 heterocycles. The highest BCUT2D eigenvalue weighted by atomic mass is 19.1. The molecule has 0 aliphatic heterocycles. The van der Waals surface area contributed by atoms with Crippen LogP contribution in [-0.4, -0.2) is 27.6 Å². The molecule has 6 heteroatoms. The summed E-state index contributed by atoms with van der Waals surface area (Å²) in [5.74, 6) is -0.740. The summed E-state index contributed by atoms with van der Waals surface area (Å²) < 4.78 is 12.6. The summed E-state index contributed by atoms with van der Waals surface area (Å²) in [6.45, 7) is 2.51. The van der Waals surface area contributed by atoms with Crippen molar-refractivity contribution in [3.63, 3.8) is 0 Å². The quantitative estimate of drug-likeness (QED) is 0.804. The number of nitrogens with zero attached hydrogens (tertiary/aromatic N) is 2. The fourth-order valence-corrected chi connectivity index (χ4v) is 1.71. The first kappa shape index (κ1) is 13.2. The van der Waals surface area contributed by atoms with Crippen LogP contribution >= 0.6 is 0 Å². The maximum Gasteiger partial charge on any atom is 0.269 e. The van der Waals surface area contributed by atoms with Crippen LogP contribution in [0.15, 0.2) is 24.5 Å². The van der Waals surface area contributed by atoms with Crippen molar-refractivity contribution in [2.24, 2.45) is 0 Å². The molecule has 2 aromatic heterocycles. The molecule has 100 valence electrons. The molecule has 0 fully saturated rings. The lowest BCUT2D eigenvalue weighted by molar-refractivity contribution is 0.0948. The van der Waals surface area contributed by atoms with E-state index in [4.69, 9.17) is 0 Å². The van der Waals surface area contributed by atoms with E-state index >= 15 is 0 Å². The monoisotopic (exact) mass is 262 g/mol. The van der Waals surface area contributed by atoms with Gasteiger partial charge in [0.05, 0.1) is 12.4 Å². The molecular weight excluding hydrogens is 247 g/mol. The van der Waals surface area contributed by atoms with Crippen LogP contribution in [0, 0.1) is 12.7 Å². The van der Waals surface area contributed by atoms with E-state index in [0.29, 0.717) is 6.54 Å². The van der Waals surface area contributed by atoms with Gasteiger partial charge >= 0.3 is 0 Å². The average molecular weight is 262 g/mol. The van der Waals surface area contributed by atoms with Crippen molar-refractivity contribution in [2.45, 2.75) is 19.8 Å². The third kappa shape index (κ3) is 3.61. The maximum absolute atomic E-state index is 12.6. The molecule has 2 N–H and O–H groups in total. The van der Waals surface area contributed by atoms with E-state index in [1.807, 2.05) is 6.92 Å². The van der Waals surface area contributed by atoms with Gasteiger partial charge in [-0.2, -0.15) is 5.10 Å². The number of halogens is 1. The number of hydrogen-bond donors (Lipinski definition) is 2. The summed E-state index contributed by atoms with van der Waals surface area (Å²) in [6, 6.07) is 2.58. The summed E-state index contributed by atoms with van der Waals surface area (Å²) >= 11 is 0. The Bertz CT molecular complexity index is 550. The molecule has 1 amide bonds. The number of rotatable bonds is 5. The summed E-state index contributed by atoms with van der Waals surface area (Å²) in [5.41, 5.74) is 2.42. The highest BCUT2D eigenvalue weighted by Crippen LogP contribution is 2.05. The van der Waals surface area contributed by atoms with Gasteiger partial charge in [-0.3, -0.25) is 9.89 Å². The fourth-order valence-electron chi connectivity index (χ4n) is 1.71. The summed E-state index contributed by atoms with van der Waals surface area (Å²) in [5, 5.41) is 9.55. The topological polar surface area (TPSA) is 70.7 Å². The van der Waals surface area contributed by atoms with Crippen LogP contribution in [-0.2, 0) is 6.42 Å². The number of aromatic nitrogens is 3. The van der Waals surface area contributed by atoms with Crippen LogP contribution in [0.4, 0.5) is 4.39 Å². The van der Waals surface area contributed by atoms with Crippen LogP contribution in [0.25, 0.3) is 0 Å². The highest BCUT2D eigenvalue weighted by Gasteiger charge is 2.06. The second-order valence-electron chi connectivity index (χ2n) is 4.24. The van der Waals surface area contributed by atoms with Gasteiger partial charge in [0.15, 0.2) is 0 Å². The summed E-state index contributed by atoms with van der Waals surface area (Å²) in [6.07, 6.45) is 4.48. The molecule has 0 atom stereocenters. The van der Waals surface area contributed by atoms with E-state index in [1.165, 1.54) is 12.1 Å². The lowest BCUT2D eigenvalue weighted by Crippen LogP contribution is -2.25. The van der Waals surface area contributed by atoms with Crippen molar-refractivity contribution in [1.29, 1.82) is 0 Å². The summed E-state index contributed by atoms with van der Waals surface area (Å²) in [7, 11) is 0. The molecule has 0 bridgehead atoms. The van der Waals surface area contributed by atoms with E-state index < -0.39 is 5.82 Å². The van der Waals surface area contributed by atoms with Gasteiger partial charge in [0.1, 0.15) is 11.5 Å². The Hall–Kier alpha value is -2.24. The number of aromatic amines is 1. The lowest BCUT2D eigenvalue weighted by atomic mass is 10.1. The van der Waals surface area contributed by atoms with Crippen molar-refractivity contribution in [3.8, 4) is 0 Å². The van der Waals surface area contributed by atoms with E-state index in [2.05, 4.69) is 20.5 Å². The van der Waals surface area contributed by atoms with Gasteiger partial charge in [-0.1, -0.05) is 0 Å². The summed E-state index contributed by atoms with van der Waals surface area (Å²) in [4.78, 5) is 15.4. The largest absolute Gasteiger partial charge is 0.351 e. The van der Waals surface area contributed by atoms with E-state index in [9.17, 15) is 9.18 Å². The number of carbonyl (C=O) groups is 1. The van der Waals surface area contributed by atoms with Gasteiger partial charge in [-0.25, -0.2) is 9.37 Å². The lowest BCUT2D eigenvalue weighted by Gasteiger charge is -2.04. The van der Waals surface area contributed by atoms with E-state index in [0.717, 1.165) is 30.3 Å². The number of hydrogen-bond acceptors (Lipinski definition) is 3. The zero-order valence-electron chi connectivity index (χ0n) is 10.6. The number of amides is 1. The minimum absolute atomic E-state index is 0.223. The van der Waals surface area contributed by atoms with Crippen LogP contribution in [0.1, 0.15) is 28.2 Å². The van der Waals surface area contributed by atoms with Gasteiger partial charge in [0.2, 0.25) is 0 Å². The molecule has 2 aromatic rings. The van der Waals surface area contributed by atoms with Gasteiger partial charge in [0, 0.05) is 12.2 Å². The van der Waals surface area contributed by atoms with Gasteiger partial charge in [-0.15, -0.1) is 0 Å². The molecule has 0 saturated carbocycles. The standard InChI is InChI=1S/C13H15FN4O/c1-9-10(7-17-18-9)3-2-6-15-13(19)12-5-4-11(14)8-16-12/h4-5,7-8H,2-3,6H2,1H3,(H,15,19)(H,17,18). The number of carbonyl (C=O) groups excluding carboxylic acids is 1. The molecule has 0 aliphatic rings. The SMILES string of the molecule is Cc1[nH]ncc1CCCNC(=O)c1ccc(F)cn1. The number of H-pyrrole nitrogens is 1. The zero-order valence-corrected chi connectivity index (χ0v) is 10.6. The van der Waals surface area contributed by atoms with E-state index in [1.54, 1.807) is 6.20 Å². The molecule has 0 unspecified atom stereocenters. The van der Waals surface area contributed by atoms with Gasteiger partial charge in [-0.05, 0) is 37.5 Å². The van der Waals surface area contributed by atoms with Crippen molar-refractivity contribution in [3.05, 3.63) is 47.3 Å². The Labute approximate surface area is 110 Å². The van der Waals surface area contributed by atoms with Crippen molar-refractivity contribution in [2.75, 3.05) is 6.54 Å². The molecular formula is C13H15FN4O. The predicted octanol–water partition coefficient (Wildman–Crippen LogP) is 1.61. The maximum atomic E-state index is 12.6. The Kier molecular flexibility index (Phi) is 4.22. The molecule has 0 radical (unpaired) electrons. The van der Waals surface area contributed by atoms with Gasteiger partial charge in [0.25, 0.3) is 5.91 Å².